The van der Waals surface area contributed by atoms with E-state index in [1.165, 1.54) is 36.6 Å². The second kappa shape index (κ2) is 4.90. The van der Waals surface area contributed by atoms with Gasteiger partial charge in [-0.1, -0.05) is 18.2 Å². The van der Waals surface area contributed by atoms with E-state index in [9.17, 15) is 0 Å². The highest BCUT2D eigenvalue weighted by Gasteiger charge is 2.28. The minimum absolute atomic E-state index is 0.720. The normalized spacial score (nSPS) is 19.1. The minimum atomic E-state index is 0.720. The molecule has 2 aliphatic carbocycles. The first kappa shape index (κ1) is 12.4. The lowest BCUT2D eigenvalue weighted by atomic mass is 10.1. The van der Waals surface area contributed by atoms with E-state index in [1.807, 2.05) is 0 Å². The van der Waals surface area contributed by atoms with E-state index >= 15 is 0 Å². The number of hydrogen-bond donors (Lipinski definition) is 1. The molecule has 0 amide bonds. The molecule has 0 bridgehead atoms. The van der Waals surface area contributed by atoms with Crippen molar-refractivity contribution in [3.8, 4) is 0 Å². The fraction of sp³-hybridized carbons (Fsp3) is 0.529. The van der Waals surface area contributed by atoms with Crippen molar-refractivity contribution < 1.29 is 4.42 Å². The highest BCUT2D eigenvalue weighted by Crippen LogP contribution is 2.32. The molecule has 1 heterocycles. The fourth-order valence-corrected chi connectivity index (χ4v) is 2.88. The van der Waals surface area contributed by atoms with Crippen molar-refractivity contribution in [3.63, 3.8) is 0 Å². The van der Waals surface area contributed by atoms with E-state index in [1.54, 1.807) is 0 Å². The molecular formula is C17H22N2O. The molecular weight excluding hydrogens is 248 g/mol. The Balaban J connectivity index is 1.63. The summed E-state index contributed by atoms with van der Waals surface area (Å²) in [5.74, 6) is 1.13. The summed E-state index contributed by atoms with van der Waals surface area (Å²) >= 11 is 0. The predicted molar refractivity (Wildman–Crippen MR) is 80.6 cm³/mol. The molecule has 0 aliphatic heterocycles. The Labute approximate surface area is 119 Å². The largest absolute Gasteiger partial charge is 0.459 e. The molecule has 2 saturated carbocycles. The van der Waals surface area contributed by atoms with E-state index in [2.05, 4.69) is 41.5 Å². The highest BCUT2D eigenvalue weighted by molar-refractivity contribution is 5.82. The first-order chi connectivity index (χ1) is 9.81. The van der Waals surface area contributed by atoms with Gasteiger partial charge in [-0.3, -0.25) is 4.90 Å². The number of furan rings is 1. The van der Waals surface area contributed by atoms with Crippen LogP contribution in [0.25, 0.3) is 11.0 Å². The lowest BCUT2D eigenvalue weighted by Gasteiger charge is -2.16. The van der Waals surface area contributed by atoms with Crippen molar-refractivity contribution >= 4 is 11.0 Å². The Morgan fingerprint density at radius 1 is 1.20 bits per heavy atom. The Morgan fingerprint density at radius 2 is 2.00 bits per heavy atom. The predicted octanol–water partition coefficient (Wildman–Crippen LogP) is 3.28. The summed E-state index contributed by atoms with van der Waals surface area (Å²) in [5, 5.41) is 4.86. The zero-order valence-electron chi connectivity index (χ0n) is 12.1. The SMILES string of the molecule is CN(Cc1c(CNC2CC2)oc2ccccc12)C1CC1. The topological polar surface area (TPSA) is 28.4 Å². The van der Waals surface area contributed by atoms with Gasteiger partial charge in [0.2, 0.25) is 0 Å². The highest BCUT2D eigenvalue weighted by atomic mass is 16.3. The molecule has 1 aromatic heterocycles. The van der Waals surface area contributed by atoms with Gasteiger partial charge in [0.15, 0.2) is 0 Å². The number of nitrogens with zero attached hydrogens (tertiary/aromatic N) is 1. The van der Waals surface area contributed by atoms with Gasteiger partial charge < -0.3 is 9.73 Å². The van der Waals surface area contributed by atoms with Gasteiger partial charge in [-0.25, -0.2) is 0 Å². The molecule has 2 aliphatic rings. The van der Waals surface area contributed by atoms with Crippen molar-refractivity contribution in [2.75, 3.05) is 7.05 Å². The van der Waals surface area contributed by atoms with Crippen LogP contribution in [0.1, 0.15) is 37.0 Å². The van der Waals surface area contributed by atoms with E-state index in [0.717, 1.165) is 36.5 Å². The van der Waals surface area contributed by atoms with Gasteiger partial charge in [0.05, 0.1) is 6.54 Å². The average Bonchev–Trinajstić information content (AvgIpc) is 3.35. The third-order valence-electron chi connectivity index (χ3n) is 4.49. The van der Waals surface area contributed by atoms with Gasteiger partial charge in [-0.15, -0.1) is 0 Å². The molecule has 0 atom stereocenters. The van der Waals surface area contributed by atoms with E-state index in [0.29, 0.717) is 0 Å². The van der Waals surface area contributed by atoms with Gasteiger partial charge in [0.25, 0.3) is 0 Å². The number of hydrogen-bond acceptors (Lipinski definition) is 3. The Bertz CT molecular complexity index is 610. The van der Waals surface area contributed by atoms with Crippen LogP contribution in [0.5, 0.6) is 0 Å². The summed E-state index contributed by atoms with van der Waals surface area (Å²) in [7, 11) is 2.23. The second-order valence-corrected chi connectivity index (χ2v) is 6.30. The molecule has 0 saturated heterocycles. The van der Waals surface area contributed by atoms with Crippen molar-refractivity contribution in [2.24, 2.45) is 0 Å². The maximum atomic E-state index is 6.09. The van der Waals surface area contributed by atoms with Crippen LogP contribution in [-0.2, 0) is 13.1 Å². The number of nitrogens with one attached hydrogen (secondary N) is 1. The smallest absolute Gasteiger partial charge is 0.134 e. The summed E-state index contributed by atoms with van der Waals surface area (Å²) in [6, 6.07) is 9.94. The van der Waals surface area contributed by atoms with Crippen LogP contribution >= 0.6 is 0 Å². The van der Waals surface area contributed by atoms with Crippen LogP contribution in [0.15, 0.2) is 28.7 Å². The second-order valence-electron chi connectivity index (χ2n) is 6.30. The summed E-state index contributed by atoms with van der Waals surface area (Å²) in [6.07, 6.45) is 5.33. The molecule has 0 radical (unpaired) electrons. The Kier molecular flexibility index (Phi) is 3.04. The van der Waals surface area contributed by atoms with Gasteiger partial charge in [-0.2, -0.15) is 0 Å². The molecule has 3 heteroatoms. The van der Waals surface area contributed by atoms with Gasteiger partial charge in [-0.05, 0) is 38.8 Å². The van der Waals surface area contributed by atoms with Crippen molar-refractivity contribution in [3.05, 3.63) is 35.6 Å². The number of fused-ring (bicyclic) bond motifs is 1. The molecule has 1 aromatic carbocycles. The molecule has 20 heavy (non-hydrogen) atoms. The molecule has 3 nitrogen and oxygen atoms in total. The zero-order valence-corrected chi connectivity index (χ0v) is 12.1. The van der Waals surface area contributed by atoms with Crippen molar-refractivity contribution in [1.82, 2.24) is 10.2 Å². The van der Waals surface area contributed by atoms with E-state index in [4.69, 9.17) is 4.42 Å². The third-order valence-corrected chi connectivity index (χ3v) is 4.49. The Morgan fingerprint density at radius 3 is 2.75 bits per heavy atom. The quantitative estimate of drug-likeness (QED) is 0.873. The van der Waals surface area contributed by atoms with Crippen LogP contribution in [-0.4, -0.2) is 24.0 Å². The molecule has 2 fully saturated rings. The van der Waals surface area contributed by atoms with Crippen LogP contribution in [0, 0.1) is 0 Å². The standard InChI is InChI=1S/C17H22N2O/c1-19(13-8-9-13)11-15-14-4-2-3-5-16(14)20-17(15)10-18-12-6-7-12/h2-5,12-13,18H,6-11H2,1H3. The van der Waals surface area contributed by atoms with Crippen LogP contribution in [0.3, 0.4) is 0 Å². The summed E-state index contributed by atoms with van der Waals surface area (Å²) in [4.78, 5) is 2.47. The maximum Gasteiger partial charge on any atom is 0.134 e. The van der Waals surface area contributed by atoms with Crippen molar-refractivity contribution in [1.29, 1.82) is 0 Å². The maximum absolute atomic E-state index is 6.09. The van der Waals surface area contributed by atoms with Gasteiger partial charge in [0.1, 0.15) is 11.3 Å². The fourth-order valence-electron chi connectivity index (χ4n) is 2.88. The Hall–Kier alpha value is -1.32. The van der Waals surface area contributed by atoms with E-state index < -0.39 is 0 Å². The summed E-state index contributed by atoms with van der Waals surface area (Å²) in [5.41, 5.74) is 2.41. The number of para-hydroxylation sites is 1. The molecule has 0 unspecified atom stereocenters. The van der Waals surface area contributed by atoms with Gasteiger partial charge in [0, 0.05) is 29.6 Å². The molecule has 106 valence electrons. The first-order valence-corrected chi connectivity index (χ1v) is 7.74. The molecule has 2 aromatic rings. The van der Waals surface area contributed by atoms with Crippen LogP contribution in [0.2, 0.25) is 0 Å². The summed E-state index contributed by atoms with van der Waals surface area (Å²) in [6.45, 7) is 1.87. The van der Waals surface area contributed by atoms with Crippen LogP contribution < -0.4 is 5.32 Å². The lowest BCUT2D eigenvalue weighted by molar-refractivity contribution is 0.313. The molecule has 1 N–H and O–H groups in total. The minimum Gasteiger partial charge on any atom is -0.459 e. The first-order valence-electron chi connectivity index (χ1n) is 7.74. The summed E-state index contributed by atoms with van der Waals surface area (Å²) < 4.78 is 6.09. The van der Waals surface area contributed by atoms with Gasteiger partial charge >= 0.3 is 0 Å². The third kappa shape index (κ3) is 2.48. The van der Waals surface area contributed by atoms with Crippen LogP contribution in [0.4, 0.5) is 0 Å². The number of benzene rings is 1. The monoisotopic (exact) mass is 270 g/mol. The lowest BCUT2D eigenvalue weighted by Crippen LogP contribution is -2.22. The van der Waals surface area contributed by atoms with E-state index in [-0.39, 0.29) is 0 Å². The zero-order chi connectivity index (χ0) is 13.5. The molecule has 0 spiro atoms. The number of rotatable bonds is 6. The van der Waals surface area contributed by atoms with Crippen molar-refractivity contribution in [2.45, 2.75) is 50.9 Å². The average molecular weight is 270 g/mol. The molecule has 4 rings (SSSR count).